The lowest BCUT2D eigenvalue weighted by Gasteiger charge is -2.04. The molecule has 0 bridgehead atoms. The van der Waals surface area contributed by atoms with Crippen molar-refractivity contribution < 1.29 is 4.79 Å². The highest BCUT2D eigenvalue weighted by Gasteiger charge is 2.06. The fourth-order valence-corrected chi connectivity index (χ4v) is 1.74. The monoisotopic (exact) mass is 269 g/mol. The van der Waals surface area contributed by atoms with E-state index < -0.39 is 0 Å². The lowest BCUT2D eigenvalue weighted by Crippen LogP contribution is -2.25. The van der Waals surface area contributed by atoms with Crippen LogP contribution in [0, 0.1) is 0 Å². The summed E-state index contributed by atoms with van der Waals surface area (Å²) in [5.41, 5.74) is 6.49. The van der Waals surface area contributed by atoms with E-state index in [9.17, 15) is 4.79 Å². The van der Waals surface area contributed by atoms with Crippen molar-refractivity contribution in [3.8, 4) is 0 Å². The van der Waals surface area contributed by atoms with Crippen molar-refractivity contribution in [1.29, 1.82) is 0 Å². The van der Waals surface area contributed by atoms with Crippen LogP contribution in [0.25, 0.3) is 0 Å². The van der Waals surface area contributed by atoms with Crippen LogP contribution in [0.5, 0.6) is 0 Å². The Morgan fingerprint density at radius 1 is 1.59 bits per heavy atom. The molecule has 3 N–H and O–H groups in total. The fourth-order valence-electron chi connectivity index (χ4n) is 1.18. The molecule has 92 valence electrons. The normalized spacial score (nSPS) is 9.94. The van der Waals surface area contributed by atoms with Crippen molar-refractivity contribution in [1.82, 2.24) is 10.3 Å². The summed E-state index contributed by atoms with van der Waals surface area (Å²) in [5.74, 6) is 0.870. The van der Waals surface area contributed by atoms with Gasteiger partial charge in [0.1, 0.15) is 10.7 Å². The summed E-state index contributed by atoms with van der Waals surface area (Å²) in [6, 6.07) is 3.32. The van der Waals surface area contributed by atoms with Gasteiger partial charge in [0.25, 0.3) is 5.91 Å². The number of amides is 1. The van der Waals surface area contributed by atoms with Crippen LogP contribution in [0.1, 0.15) is 22.5 Å². The standard InChI is InChI=1S/C11H15N3OS2/c1-17-6-2-5-13-11(15)9-4-3-8(7-14-9)10(12)16/h3-4,7H,2,5-6H2,1H3,(H2,12,16)(H,13,15). The van der Waals surface area contributed by atoms with E-state index in [1.807, 2.05) is 6.26 Å². The maximum atomic E-state index is 11.6. The fraction of sp³-hybridized carbons (Fsp3) is 0.364. The first-order chi connectivity index (χ1) is 8.15. The van der Waals surface area contributed by atoms with Crippen LogP contribution in [0.15, 0.2) is 18.3 Å². The van der Waals surface area contributed by atoms with Crippen LogP contribution >= 0.6 is 24.0 Å². The van der Waals surface area contributed by atoms with E-state index in [0.717, 1.165) is 12.2 Å². The Balaban J connectivity index is 2.49. The number of nitrogens with one attached hydrogen (secondary N) is 1. The third-order valence-electron chi connectivity index (χ3n) is 2.09. The van der Waals surface area contributed by atoms with Gasteiger partial charge >= 0.3 is 0 Å². The van der Waals surface area contributed by atoms with Crippen LogP contribution in [0.3, 0.4) is 0 Å². The molecule has 4 nitrogen and oxygen atoms in total. The lowest BCUT2D eigenvalue weighted by atomic mass is 10.2. The Bertz CT molecular complexity index is 392. The van der Waals surface area contributed by atoms with Gasteiger partial charge in [-0.25, -0.2) is 0 Å². The molecule has 1 rings (SSSR count). The van der Waals surface area contributed by atoms with Crippen molar-refractivity contribution in [2.45, 2.75) is 6.42 Å². The molecule has 0 spiro atoms. The molecule has 1 aromatic rings. The van der Waals surface area contributed by atoms with Crippen LogP contribution in [-0.2, 0) is 0 Å². The number of aromatic nitrogens is 1. The highest BCUT2D eigenvalue weighted by molar-refractivity contribution is 7.98. The molecule has 1 amide bonds. The summed E-state index contributed by atoms with van der Waals surface area (Å²) in [5, 5.41) is 2.80. The zero-order valence-electron chi connectivity index (χ0n) is 9.60. The molecular formula is C11H15N3OS2. The van der Waals surface area contributed by atoms with E-state index in [0.29, 0.717) is 17.8 Å². The van der Waals surface area contributed by atoms with Crippen LogP contribution in [0.4, 0.5) is 0 Å². The molecule has 0 aliphatic carbocycles. The molecule has 1 heterocycles. The van der Waals surface area contributed by atoms with Gasteiger partial charge in [0.15, 0.2) is 0 Å². The highest BCUT2D eigenvalue weighted by Crippen LogP contribution is 2.00. The smallest absolute Gasteiger partial charge is 0.269 e. The molecule has 0 aromatic carbocycles. The average molecular weight is 269 g/mol. The molecule has 6 heteroatoms. The molecule has 0 saturated heterocycles. The van der Waals surface area contributed by atoms with Gasteiger partial charge in [-0.1, -0.05) is 12.2 Å². The number of thiocarbonyl (C=S) groups is 1. The Labute approximate surface area is 110 Å². The molecule has 0 aliphatic rings. The van der Waals surface area contributed by atoms with Crippen molar-refractivity contribution in [2.24, 2.45) is 5.73 Å². The number of rotatable bonds is 6. The van der Waals surface area contributed by atoms with E-state index in [1.165, 1.54) is 6.20 Å². The van der Waals surface area contributed by atoms with Gasteiger partial charge < -0.3 is 11.1 Å². The Morgan fingerprint density at radius 2 is 2.35 bits per heavy atom. The van der Waals surface area contributed by atoms with Gasteiger partial charge in [-0.2, -0.15) is 11.8 Å². The quantitative estimate of drug-likeness (QED) is 0.600. The SMILES string of the molecule is CSCCCNC(=O)c1ccc(C(N)=S)cn1. The molecular weight excluding hydrogens is 254 g/mol. The number of nitrogens with two attached hydrogens (primary N) is 1. The van der Waals surface area contributed by atoms with Crippen LogP contribution in [0.2, 0.25) is 0 Å². The van der Waals surface area contributed by atoms with Gasteiger partial charge in [0.05, 0.1) is 0 Å². The zero-order valence-corrected chi connectivity index (χ0v) is 11.2. The van der Waals surface area contributed by atoms with Gasteiger partial charge in [-0.15, -0.1) is 0 Å². The van der Waals surface area contributed by atoms with Crippen molar-refractivity contribution in [3.63, 3.8) is 0 Å². The summed E-state index contributed by atoms with van der Waals surface area (Å²) in [4.78, 5) is 15.9. The van der Waals surface area contributed by atoms with Gasteiger partial charge in [-0.05, 0) is 30.6 Å². The second-order valence-electron chi connectivity index (χ2n) is 3.40. The predicted molar refractivity (Wildman–Crippen MR) is 75.5 cm³/mol. The maximum absolute atomic E-state index is 11.6. The summed E-state index contributed by atoms with van der Waals surface area (Å²) in [7, 11) is 0. The number of thioether (sulfide) groups is 1. The molecule has 0 saturated carbocycles. The number of pyridine rings is 1. The van der Waals surface area contributed by atoms with Gasteiger partial charge in [-0.3, -0.25) is 9.78 Å². The Hall–Kier alpha value is -1.14. The number of carbonyl (C=O) groups excluding carboxylic acids is 1. The van der Waals surface area contributed by atoms with Crippen LogP contribution < -0.4 is 11.1 Å². The summed E-state index contributed by atoms with van der Waals surface area (Å²) in [6.45, 7) is 0.665. The summed E-state index contributed by atoms with van der Waals surface area (Å²) >= 11 is 6.56. The van der Waals surface area contributed by atoms with Gasteiger partial charge in [0.2, 0.25) is 0 Å². The number of hydrogen-bond donors (Lipinski definition) is 2. The first kappa shape index (κ1) is 13.9. The maximum Gasteiger partial charge on any atom is 0.269 e. The van der Waals surface area contributed by atoms with E-state index in [-0.39, 0.29) is 10.9 Å². The van der Waals surface area contributed by atoms with Crippen LogP contribution in [-0.4, -0.2) is 34.4 Å². The third kappa shape index (κ3) is 4.70. The minimum atomic E-state index is -0.166. The molecule has 0 unspecified atom stereocenters. The van der Waals surface area contributed by atoms with E-state index >= 15 is 0 Å². The molecule has 0 aliphatic heterocycles. The number of hydrogen-bond acceptors (Lipinski definition) is 4. The van der Waals surface area contributed by atoms with E-state index in [4.69, 9.17) is 18.0 Å². The lowest BCUT2D eigenvalue weighted by molar-refractivity contribution is 0.0949. The van der Waals surface area contributed by atoms with E-state index in [1.54, 1.807) is 23.9 Å². The van der Waals surface area contributed by atoms with Crippen molar-refractivity contribution >= 4 is 34.9 Å². The second kappa shape index (κ2) is 7.24. The molecule has 1 aromatic heterocycles. The molecule has 17 heavy (non-hydrogen) atoms. The first-order valence-corrected chi connectivity index (χ1v) is 6.98. The van der Waals surface area contributed by atoms with Crippen molar-refractivity contribution in [2.75, 3.05) is 18.6 Å². The van der Waals surface area contributed by atoms with E-state index in [2.05, 4.69) is 10.3 Å². The number of carbonyl (C=O) groups is 1. The first-order valence-electron chi connectivity index (χ1n) is 5.18. The third-order valence-corrected chi connectivity index (χ3v) is 3.02. The number of nitrogens with zero attached hydrogens (tertiary/aromatic N) is 1. The Kier molecular flexibility index (Phi) is 5.93. The van der Waals surface area contributed by atoms with Gasteiger partial charge in [0, 0.05) is 18.3 Å². The summed E-state index contributed by atoms with van der Waals surface area (Å²) < 4.78 is 0. The minimum absolute atomic E-state index is 0.166. The minimum Gasteiger partial charge on any atom is -0.389 e. The van der Waals surface area contributed by atoms with Crippen molar-refractivity contribution in [3.05, 3.63) is 29.6 Å². The topological polar surface area (TPSA) is 68.0 Å². The average Bonchev–Trinajstić information content (AvgIpc) is 2.34. The summed E-state index contributed by atoms with van der Waals surface area (Å²) in [6.07, 6.45) is 4.51. The largest absolute Gasteiger partial charge is 0.389 e. The molecule has 0 radical (unpaired) electrons. The molecule has 0 fully saturated rings. The Morgan fingerprint density at radius 3 is 2.88 bits per heavy atom. The molecule has 0 atom stereocenters. The zero-order chi connectivity index (χ0) is 12.7. The predicted octanol–water partition coefficient (Wildman–Crippen LogP) is 1.20. The highest BCUT2D eigenvalue weighted by atomic mass is 32.2. The second-order valence-corrected chi connectivity index (χ2v) is 4.82.